The number of allylic oxidation sites excluding steroid dienone is 2. The minimum Gasteiger partial charge on any atom is -0.294 e. The van der Waals surface area contributed by atoms with Crippen molar-refractivity contribution in [1.82, 2.24) is 0 Å². The highest BCUT2D eigenvalue weighted by molar-refractivity contribution is 6.42. The van der Waals surface area contributed by atoms with E-state index in [1.54, 1.807) is 6.08 Å². The molecule has 0 saturated carbocycles. The Morgan fingerprint density at radius 3 is 2.11 bits per heavy atom. The van der Waals surface area contributed by atoms with Gasteiger partial charge in [0, 0.05) is 6.92 Å². The summed E-state index contributed by atoms with van der Waals surface area (Å²) < 4.78 is 0. The van der Waals surface area contributed by atoms with E-state index in [9.17, 15) is 4.79 Å². The summed E-state index contributed by atoms with van der Waals surface area (Å²) in [5, 5.41) is 0.338. The lowest BCUT2D eigenvalue weighted by Crippen LogP contribution is -1.91. The van der Waals surface area contributed by atoms with Crippen LogP contribution in [-0.4, -0.2) is 5.78 Å². The number of hydrogen-bond donors (Lipinski definition) is 0. The molecule has 0 unspecified atom stereocenters. The molecular weight excluding hydrogens is 136 g/mol. The Hall–Kier alpha value is -0.300. The van der Waals surface area contributed by atoms with Crippen LogP contribution in [0.3, 0.4) is 0 Å². The summed E-state index contributed by atoms with van der Waals surface area (Å²) >= 11 is 5.52. The summed E-state index contributed by atoms with van der Waals surface area (Å²) in [5.41, 5.74) is 0. The lowest BCUT2D eigenvalue weighted by molar-refractivity contribution is -0.113. The van der Waals surface area contributed by atoms with E-state index in [0.717, 1.165) is 0 Å². The normalized spacial score (nSPS) is 12.3. The molecule has 0 aliphatic rings. The van der Waals surface area contributed by atoms with Gasteiger partial charge in [0.15, 0.2) is 5.78 Å². The maximum Gasteiger partial charge on any atom is 0.170 e. The van der Waals surface area contributed by atoms with E-state index in [2.05, 4.69) is 0 Å². The zero-order chi connectivity index (χ0) is 7.44. The molecule has 0 saturated heterocycles. The van der Waals surface area contributed by atoms with Crippen LogP contribution in [0.4, 0.5) is 0 Å². The first-order valence-corrected chi connectivity index (χ1v) is 3.30. The van der Waals surface area contributed by atoms with Crippen LogP contribution in [0.1, 0.15) is 20.8 Å². The van der Waals surface area contributed by atoms with Gasteiger partial charge in [0.05, 0.1) is 5.03 Å². The van der Waals surface area contributed by atoms with Crippen LogP contribution >= 0.6 is 11.6 Å². The number of hydrogen-bond acceptors (Lipinski definition) is 1. The van der Waals surface area contributed by atoms with Crippen molar-refractivity contribution in [2.45, 2.75) is 20.8 Å². The zero-order valence-corrected chi connectivity index (χ0v) is 6.70. The van der Waals surface area contributed by atoms with E-state index in [1.807, 2.05) is 13.8 Å². The number of halogens is 1. The Kier molecular flexibility index (Phi) is 3.55. The maximum atomic E-state index is 10.5. The van der Waals surface area contributed by atoms with Gasteiger partial charge in [-0.05, 0) is 5.92 Å². The van der Waals surface area contributed by atoms with Crippen molar-refractivity contribution >= 4 is 17.4 Å². The van der Waals surface area contributed by atoms with Gasteiger partial charge in [-0.25, -0.2) is 0 Å². The summed E-state index contributed by atoms with van der Waals surface area (Å²) in [7, 11) is 0. The Morgan fingerprint density at radius 2 is 2.00 bits per heavy atom. The lowest BCUT2D eigenvalue weighted by atomic mass is 10.2. The van der Waals surface area contributed by atoms with Gasteiger partial charge < -0.3 is 0 Å². The minimum atomic E-state index is -0.0645. The van der Waals surface area contributed by atoms with Crippen molar-refractivity contribution in [3.8, 4) is 0 Å². The molecule has 9 heavy (non-hydrogen) atoms. The molecule has 0 aliphatic carbocycles. The molecule has 0 amide bonds. The molecule has 1 nitrogen and oxygen atoms in total. The lowest BCUT2D eigenvalue weighted by Gasteiger charge is -1.94. The quantitative estimate of drug-likeness (QED) is 0.547. The fourth-order valence-corrected chi connectivity index (χ4v) is 0.662. The van der Waals surface area contributed by atoms with E-state index < -0.39 is 0 Å². The van der Waals surface area contributed by atoms with Crippen LogP contribution in [0.15, 0.2) is 11.1 Å². The largest absolute Gasteiger partial charge is 0.294 e. The fourth-order valence-electron chi connectivity index (χ4n) is 0.410. The highest BCUT2D eigenvalue weighted by Crippen LogP contribution is 2.06. The van der Waals surface area contributed by atoms with Crippen molar-refractivity contribution in [2.24, 2.45) is 5.92 Å². The van der Waals surface area contributed by atoms with Gasteiger partial charge in [0.2, 0.25) is 0 Å². The topological polar surface area (TPSA) is 17.1 Å². The van der Waals surface area contributed by atoms with E-state index in [4.69, 9.17) is 11.6 Å². The van der Waals surface area contributed by atoms with Crippen molar-refractivity contribution in [3.05, 3.63) is 11.1 Å². The number of ketones is 1. The second-order valence-electron chi connectivity index (χ2n) is 2.31. The molecule has 0 aromatic rings. The Balaban J connectivity index is 4.00. The SMILES string of the molecule is CC(=O)/C(Cl)=C\C(C)C. The molecule has 0 aromatic carbocycles. The molecule has 0 heterocycles. The Bertz CT molecular complexity index is 136. The average Bonchev–Trinajstić information content (AvgIpc) is 1.63. The first-order chi connectivity index (χ1) is 4.04. The highest BCUT2D eigenvalue weighted by atomic mass is 35.5. The number of rotatable bonds is 2. The molecule has 0 fully saturated rings. The van der Waals surface area contributed by atoms with Crippen LogP contribution in [0.25, 0.3) is 0 Å². The third-order valence-electron chi connectivity index (χ3n) is 0.816. The van der Waals surface area contributed by atoms with Gasteiger partial charge in [-0.3, -0.25) is 4.79 Å². The Morgan fingerprint density at radius 1 is 1.56 bits per heavy atom. The molecule has 52 valence electrons. The van der Waals surface area contributed by atoms with Crippen molar-refractivity contribution in [3.63, 3.8) is 0 Å². The predicted octanol–water partition coefficient (Wildman–Crippen LogP) is 2.35. The van der Waals surface area contributed by atoms with Gasteiger partial charge in [-0.1, -0.05) is 31.5 Å². The van der Waals surface area contributed by atoms with Gasteiger partial charge in [0.25, 0.3) is 0 Å². The third kappa shape index (κ3) is 4.22. The van der Waals surface area contributed by atoms with Crippen LogP contribution < -0.4 is 0 Å². The smallest absolute Gasteiger partial charge is 0.170 e. The number of Topliss-reactive ketones (excluding diaryl/α,β-unsaturated/α-hetero) is 1. The average molecular weight is 147 g/mol. The molecule has 0 aliphatic heterocycles. The minimum absolute atomic E-state index is 0.0645. The standard InChI is InChI=1S/C7H11ClO/c1-5(2)4-7(8)6(3)9/h4-5H,1-3H3/b7-4+. The Labute approximate surface area is 60.7 Å². The fraction of sp³-hybridized carbons (Fsp3) is 0.571. The van der Waals surface area contributed by atoms with Crippen LogP contribution in [0, 0.1) is 5.92 Å². The summed E-state index contributed by atoms with van der Waals surface area (Å²) in [5.74, 6) is 0.284. The summed E-state index contributed by atoms with van der Waals surface area (Å²) in [6.45, 7) is 5.41. The first-order valence-electron chi connectivity index (χ1n) is 2.92. The molecule has 0 atom stereocenters. The van der Waals surface area contributed by atoms with Crippen LogP contribution in [-0.2, 0) is 4.79 Å². The highest BCUT2D eigenvalue weighted by Gasteiger charge is 1.98. The van der Waals surface area contributed by atoms with Gasteiger partial charge in [0.1, 0.15) is 0 Å². The zero-order valence-electron chi connectivity index (χ0n) is 5.94. The summed E-state index contributed by atoms with van der Waals surface area (Å²) in [4.78, 5) is 10.5. The first kappa shape index (κ1) is 8.70. The van der Waals surface area contributed by atoms with Gasteiger partial charge in [-0.2, -0.15) is 0 Å². The van der Waals surface area contributed by atoms with Gasteiger partial charge in [-0.15, -0.1) is 0 Å². The molecule has 0 radical (unpaired) electrons. The van der Waals surface area contributed by atoms with E-state index in [-0.39, 0.29) is 5.78 Å². The second kappa shape index (κ2) is 3.67. The summed E-state index contributed by atoms with van der Waals surface area (Å²) in [6, 6.07) is 0. The molecule has 2 heteroatoms. The van der Waals surface area contributed by atoms with Crippen LogP contribution in [0.5, 0.6) is 0 Å². The summed E-state index contributed by atoms with van der Waals surface area (Å²) in [6.07, 6.45) is 1.74. The van der Waals surface area contributed by atoms with Crippen molar-refractivity contribution in [1.29, 1.82) is 0 Å². The van der Waals surface area contributed by atoms with E-state index in [0.29, 0.717) is 11.0 Å². The predicted molar refractivity (Wildman–Crippen MR) is 39.5 cm³/mol. The van der Waals surface area contributed by atoms with E-state index >= 15 is 0 Å². The monoisotopic (exact) mass is 146 g/mol. The second-order valence-corrected chi connectivity index (χ2v) is 2.72. The number of carbonyl (C=O) groups excluding carboxylic acids is 1. The molecule has 0 spiro atoms. The third-order valence-corrected chi connectivity index (χ3v) is 1.21. The molecule has 0 aromatic heterocycles. The molecule has 0 rings (SSSR count). The van der Waals surface area contributed by atoms with Crippen molar-refractivity contribution in [2.75, 3.05) is 0 Å². The van der Waals surface area contributed by atoms with E-state index in [1.165, 1.54) is 6.92 Å². The van der Waals surface area contributed by atoms with Crippen molar-refractivity contribution < 1.29 is 4.79 Å². The molecular formula is C7H11ClO. The molecule has 0 N–H and O–H groups in total. The molecule has 0 bridgehead atoms. The maximum absolute atomic E-state index is 10.5. The number of carbonyl (C=O) groups is 1. The van der Waals surface area contributed by atoms with Crippen LogP contribution in [0.2, 0.25) is 0 Å². The van der Waals surface area contributed by atoms with Gasteiger partial charge >= 0.3 is 0 Å².